The first kappa shape index (κ1) is 18.3. The van der Waals surface area contributed by atoms with E-state index < -0.39 is 5.25 Å². The van der Waals surface area contributed by atoms with E-state index in [1.165, 1.54) is 18.7 Å². The summed E-state index contributed by atoms with van der Waals surface area (Å²) < 4.78 is 5.62. The van der Waals surface area contributed by atoms with Gasteiger partial charge in [-0.2, -0.15) is 0 Å². The number of hydrogen-bond acceptors (Lipinski definition) is 5. The molecule has 8 heteroatoms. The average Bonchev–Trinajstić information content (AvgIpc) is 2.97. The quantitative estimate of drug-likeness (QED) is 0.625. The second-order valence-electron chi connectivity index (χ2n) is 5.60. The number of fused-ring (bicyclic) bond motifs is 1. The fraction of sp³-hybridized carbons (Fsp3) is 0.167. The van der Waals surface area contributed by atoms with E-state index in [9.17, 15) is 9.59 Å². The molecule has 2 aromatic carbocycles. The van der Waals surface area contributed by atoms with E-state index in [1.807, 2.05) is 0 Å². The maximum absolute atomic E-state index is 12.4. The number of halogens is 1. The molecule has 1 heterocycles. The number of amides is 2. The SMILES string of the molecule is CC(=O)Nc1ccc(NC(=O)C(C)Sc2nc3cc(Cl)ccc3o2)cc1. The van der Waals surface area contributed by atoms with Gasteiger partial charge in [-0.05, 0) is 49.4 Å². The van der Waals surface area contributed by atoms with Crippen molar-refractivity contribution in [2.24, 2.45) is 0 Å². The lowest BCUT2D eigenvalue weighted by Gasteiger charge is -2.10. The van der Waals surface area contributed by atoms with Gasteiger partial charge < -0.3 is 15.1 Å². The lowest BCUT2D eigenvalue weighted by molar-refractivity contribution is -0.115. The first-order valence-electron chi connectivity index (χ1n) is 7.82. The summed E-state index contributed by atoms with van der Waals surface area (Å²) in [6.07, 6.45) is 0. The summed E-state index contributed by atoms with van der Waals surface area (Å²) in [5, 5.41) is 6.07. The van der Waals surface area contributed by atoms with Crippen LogP contribution >= 0.6 is 23.4 Å². The summed E-state index contributed by atoms with van der Waals surface area (Å²) in [5.74, 6) is -0.325. The molecule has 0 spiro atoms. The van der Waals surface area contributed by atoms with Crippen molar-refractivity contribution in [1.82, 2.24) is 4.98 Å². The Morgan fingerprint density at radius 1 is 1.12 bits per heavy atom. The van der Waals surface area contributed by atoms with Crippen LogP contribution in [0.25, 0.3) is 11.1 Å². The molecule has 0 aliphatic carbocycles. The van der Waals surface area contributed by atoms with Gasteiger partial charge in [-0.1, -0.05) is 23.4 Å². The number of nitrogens with zero attached hydrogens (tertiary/aromatic N) is 1. The van der Waals surface area contributed by atoms with Crippen LogP contribution in [0.3, 0.4) is 0 Å². The van der Waals surface area contributed by atoms with Gasteiger partial charge in [-0.3, -0.25) is 9.59 Å². The molecule has 3 rings (SSSR count). The van der Waals surface area contributed by atoms with Gasteiger partial charge in [0.2, 0.25) is 11.8 Å². The third kappa shape index (κ3) is 4.56. The Morgan fingerprint density at radius 3 is 2.42 bits per heavy atom. The largest absolute Gasteiger partial charge is 0.431 e. The van der Waals surface area contributed by atoms with Crippen molar-refractivity contribution in [3.05, 3.63) is 47.5 Å². The molecule has 6 nitrogen and oxygen atoms in total. The van der Waals surface area contributed by atoms with E-state index in [0.717, 1.165) is 0 Å². The van der Waals surface area contributed by atoms with Crippen LogP contribution in [0.15, 0.2) is 52.1 Å². The molecule has 2 amide bonds. The molecular weight excluding hydrogens is 374 g/mol. The Hall–Kier alpha value is -2.51. The van der Waals surface area contributed by atoms with Gasteiger partial charge in [0.1, 0.15) is 5.52 Å². The number of oxazole rings is 1. The van der Waals surface area contributed by atoms with Crippen molar-refractivity contribution in [2.75, 3.05) is 10.6 Å². The monoisotopic (exact) mass is 389 g/mol. The topological polar surface area (TPSA) is 84.2 Å². The van der Waals surface area contributed by atoms with Gasteiger partial charge in [-0.15, -0.1) is 0 Å². The van der Waals surface area contributed by atoms with E-state index in [-0.39, 0.29) is 11.8 Å². The second kappa shape index (κ2) is 7.80. The number of benzene rings is 2. The van der Waals surface area contributed by atoms with E-state index in [4.69, 9.17) is 16.0 Å². The predicted molar refractivity (Wildman–Crippen MR) is 104 cm³/mol. The number of hydrogen-bond donors (Lipinski definition) is 2. The van der Waals surface area contributed by atoms with E-state index in [0.29, 0.717) is 32.7 Å². The molecule has 26 heavy (non-hydrogen) atoms. The van der Waals surface area contributed by atoms with Crippen molar-refractivity contribution in [2.45, 2.75) is 24.3 Å². The molecule has 1 unspecified atom stereocenters. The van der Waals surface area contributed by atoms with Crippen LogP contribution in [-0.4, -0.2) is 22.0 Å². The van der Waals surface area contributed by atoms with Crippen LogP contribution in [0.2, 0.25) is 5.02 Å². The van der Waals surface area contributed by atoms with E-state index >= 15 is 0 Å². The molecule has 1 aromatic heterocycles. The molecule has 0 fully saturated rings. The Balaban J connectivity index is 1.62. The average molecular weight is 390 g/mol. The number of rotatable bonds is 5. The molecule has 0 saturated heterocycles. The van der Waals surface area contributed by atoms with E-state index in [2.05, 4.69) is 15.6 Å². The number of aromatic nitrogens is 1. The first-order chi connectivity index (χ1) is 12.4. The minimum atomic E-state index is -0.409. The van der Waals surface area contributed by atoms with Crippen LogP contribution in [0, 0.1) is 0 Å². The summed E-state index contributed by atoms with van der Waals surface area (Å²) in [6, 6.07) is 12.1. The van der Waals surface area contributed by atoms with Crippen molar-refractivity contribution in [3.8, 4) is 0 Å². The summed E-state index contributed by atoms with van der Waals surface area (Å²) >= 11 is 7.16. The lowest BCUT2D eigenvalue weighted by atomic mass is 10.2. The summed E-state index contributed by atoms with van der Waals surface area (Å²) in [4.78, 5) is 27.7. The van der Waals surface area contributed by atoms with Crippen LogP contribution in [0.5, 0.6) is 0 Å². The molecule has 0 radical (unpaired) electrons. The van der Waals surface area contributed by atoms with Gasteiger partial charge in [-0.25, -0.2) is 4.98 Å². The van der Waals surface area contributed by atoms with Crippen molar-refractivity contribution in [3.63, 3.8) is 0 Å². The summed E-state index contributed by atoms with van der Waals surface area (Å²) in [7, 11) is 0. The zero-order valence-electron chi connectivity index (χ0n) is 14.1. The van der Waals surface area contributed by atoms with Crippen molar-refractivity contribution >= 4 is 57.7 Å². The molecule has 3 aromatic rings. The molecule has 0 aliphatic heterocycles. The Morgan fingerprint density at radius 2 is 1.77 bits per heavy atom. The highest BCUT2D eigenvalue weighted by molar-refractivity contribution is 8.00. The smallest absolute Gasteiger partial charge is 0.257 e. The summed E-state index contributed by atoms with van der Waals surface area (Å²) in [6.45, 7) is 3.21. The predicted octanol–water partition coefficient (Wildman–Crippen LogP) is 4.56. The van der Waals surface area contributed by atoms with Crippen molar-refractivity contribution in [1.29, 1.82) is 0 Å². The van der Waals surface area contributed by atoms with E-state index in [1.54, 1.807) is 49.4 Å². The molecule has 0 saturated carbocycles. The molecule has 1 atom stereocenters. The highest BCUT2D eigenvalue weighted by Gasteiger charge is 2.18. The number of nitrogens with one attached hydrogen (secondary N) is 2. The van der Waals surface area contributed by atoms with Gasteiger partial charge in [0.05, 0.1) is 5.25 Å². The Kier molecular flexibility index (Phi) is 5.49. The number of carbonyl (C=O) groups excluding carboxylic acids is 2. The molecule has 2 N–H and O–H groups in total. The summed E-state index contributed by atoms with van der Waals surface area (Å²) in [5.41, 5.74) is 2.59. The molecule has 134 valence electrons. The van der Waals surface area contributed by atoms with Crippen LogP contribution in [-0.2, 0) is 9.59 Å². The number of anilines is 2. The van der Waals surface area contributed by atoms with Gasteiger partial charge in [0, 0.05) is 23.3 Å². The maximum atomic E-state index is 12.4. The normalized spacial score (nSPS) is 12.0. The van der Waals surface area contributed by atoms with Gasteiger partial charge in [0.15, 0.2) is 5.58 Å². The minimum Gasteiger partial charge on any atom is -0.431 e. The zero-order valence-corrected chi connectivity index (χ0v) is 15.6. The molecule has 0 bridgehead atoms. The van der Waals surface area contributed by atoms with Crippen LogP contribution in [0.1, 0.15) is 13.8 Å². The lowest BCUT2D eigenvalue weighted by Crippen LogP contribution is -2.22. The fourth-order valence-corrected chi connectivity index (χ4v) is 3.14. The third-order valence-corrected chi connectivity index (χ3v) is 4.63. The second-order valence-corrected chi connectivity index (χ2v) is 7.33. The number of thioether (sulfide) groups is 1. The zero-order chi connectivity index (χ0) is 18.7. The number of carbonyl (C=O) groups is 2. The van der Waals surface area contributed by atoms with Crippen molar-refractivity contribution < 1.29 is 14.0 Å². The van der Waals surface area contributed by atoms with Crippen LogP contribution in [0.4, 0.5) is 11.4 Å². The fourth-order valence-electron chi connectivity index (χ4n) is 2.22. The first-order valence-corrected chi connectivity index (χ1v) is 9.08. The Bertz CT molecular complexity index is 956. The van der Waals surface area contributed by atoms with Gasteiger partial charge >= 0.3 is 0 Å². The highest BCUT2D eigenvalue weighted by atomic mass is 35.5. The molecular formula is C18H16ClN3O3S. The molecule has 0 aliphatic rings. The maximum Gasteiger partial charge on any atom is 0.257 e. The minimum absolute atomic E-state index is 0.147. The van der Waals surface area contributed by atoms with Gasteiger partial charge in [0.25, 0.3) is 5.22 Å². The standard InChI is InChI=1S/C18H16ClN3O3S/c1-10(26-18-22-15-9-12(19)3-8-16(15)25-18)17(24)21-14-6-4-13(5-7-14)20-11(2)23/h3-10H,1-2H3,(H,20,23)(H,21,24). The third-order valence-electron chi connectivity index (χ3n) is 3.45. The van der Waals surface area contributed by atoms with Crippen LogP contribution < -0.4 is 10.6 Å². The highest BCUT2D eigenvalue weighted by Crippen LogP contribution is 2.28. The Labute approximate surface area is 159 Å².